The summed E-state index contributed by atoms with van der Waals surface area (Å²) in [6, 6.07) is 1.91. The molecule has 2 rings (SSSR count). The molecule has 0 spiro atoms. The zero-order valence-electron chi connectivity index (χ0n) is 10.0. The zero-order chi connectivity index (χ0) is 13.0. The molecule has 0 amide bonds. The van der Waals surface area contributed by atoms with Crippen molar-refractivity contribution >= 4 is 33.2 Å². The van der Waals surface area contributed by atoms with Gasteiger partial charge in [0.15, 0.2) is 0 Å². The standard InChI is InChI=1S/C12H14BrClN4/c1-2-3-18-8-9(6-17-18)5-15-10-4-11(13)12(14)16-7-10/h4,6-8,15H,2-3,5H2,1H3. The first-order valence-electron chi connectivity index (χ1n) is 5.75. The highest BCUT2D eigenvalue weighted by molar-refractivity contribution is 9.10. The van der Waals surface area contributed by atoms with Gasteiger partial charge in [-0.1, -0.05) is 18.5 Å². The Morgan fingerprint density at radius 3 is 3.00 bits per heavy atom. The van der Waals surface area contributed by atoms with E-state index in [4.69, 9.17) is 11.6 Å². The van der Waals surface area contributed by atoms with Crippen LogP contribution in [0, 0.1) is 0 Å². The molecule has 6 heteroatoms. The van der Waals surface area contributed by atoms with Crippen molar-refractivity contribution in [3.8, 4) is 0 Å². The Labute approximate surface area is 119 Å². The largest absolute Gasteiger partial charge is 0.380 e. The Kier molecular flexibility index (Phi) is 4.60. The van der Waals surface area contributed by atoms with E-state index in [1.165, 1.54) is 0 Å². The normalized spacial score (nSPS) is 10.6. The molecular formula is C12H14BrClN4. The van der Waals surface area contributed by atoms with Gasteiger partial charge in [0, 0.05) is 24.8 Å². The number of aryl methyl sites for hydroxylation is 1. The van der Waals surface area contributed by atoms with E-state index < -0.39 is 0 Å². The van der Waals surface area contributed by atoms with Gasteiger partial charge >= 0.3 is 0 Å². The first kappa shape index (κ1) is 13.4. The smallest absolute Gasteiger partial charge is 0.143 e. The van der Waals surface area contributed by atoms with Gasteiger partial charge in [-0.25, -0.2) is 4.98 Å². The minimum absolute atomic E-state index is 0.469. The van der Waals surface area contributed by atoms with E-state index in [0.29, 0.717) is 5.15 Å². The molecule has 0 aliphatic carbocycles. The minimum atomic E-state index is 0.469. The zero-order valence-corrected chi connectivity index (χ0v) is 12.4. The van der Waals surface area contributed by atoms with Crippen molar-refractivity contribution in [2.75, 3.05) is 5.32 Å². The van der Waals surface area contributed by atoms with Crippen molar-refractivity contribution in [1.82, 2.24) is 14.8 Å². The first-order chi connectivity index (χ1) is 8.69. The molecule has 0 unspecified atom stereocenters. The van der Waals surface area contributed by atoms with Crippen LogP contribution < -0.4 is 5.32 Å². The Hall–Kier alpha value is -1.07. The molecule has 0 atom stereocenters. The molecule has 0 aromatic carbocycles. The van der Waals surface area contributed by atoms with Crippen LogP contribution in [0.3, 0.4) is 0 Å². The van der Waals surface area contributed by atoms with E-state index in [9.17, 15) is 0 Å². The third-order valence-corrected chi connectivity index (χ3v) is 3.57. The van der Waals surface area contributed by atoms with Crippen LogP contribution in [-0.2, 0) is 13.1 Å². The van der Waals surface area contributed by atoms with Crippen LogP contribution in [0.25, 0.3) is 0 Å². The maximum Gasteiger partial charge on any atom is 0.143 e. The molecule has 0 saturated carbocycles. The predicted molar refractivity (Wildman–Crippen MR) is 76.8 cm³/mol. The van der Waals surface area contributed by atoms with Gasteiger partial charge < -0.3 is 5.32 Å². The molecule has 2 heterocycles. The summed E-state index contributed by atoms with van der Waals surface area (Å²) in [6.45, 7) is 3.81. The number of pyridine rings is 1. The van der Waals surface area contributed by atoms with Gasteiger partial charge in [-0.05, 0) is 28.4 Å². The summed E-state index contributed by atoms with van der Waals surface area (Å²) in [5, 5.41) is 8.03. The van der Waals surface area contributed by atoms with Crippen LogP contribution in [-0.4, -0.2) is 14.8 Å². The molecule has 18 heavy (non-hydrogen) atoms. The molecule has 0 saturated heterocycles. The van der Waals surface area contributed by atoms with Crippen molar-refractivity contribution in [3.63, 3.8) is 0 Å². The van der Waals surface area contributed by atoms with Gasteiger partial charge in [0.2, 0.25) is 0 Å². The van der Waals surface area contributed by atoms with Crippen molar-refractivity contribution < 1.29 is 0 Å². The number of hydrogen-bond donors (Lipinski definition) is 1. The number of nitrogens with zero attached hydrogens (tertiary/aromatic N) is 3. The number of aromatic nitrogens is 3. The van der Waals surface area contributed by atoms with Crippen molar-refractivity contribution in [2.24, 2.45) is 0 Å². The molecule has 2 aromatic heterocycles. The van der Waals surface area contributed by atoms with Crippen molar-refractivity contribution in [3.05, 3.63) is 39.8 Å². The SMILES string of the molecule is CCCn1cc(CNc2cnc(Cl)c(Br)c2)cn1. The summed E-state index contributed by atoms with van der Waals surface area (Å²) in [5.74, 6) is 0. The highest BCUT2D eigenvalue weighted by Gasteiger charge is 2.01. The Bertz CT molecular complexity index is 527. The van der Waals surface area contributed by atoms with E-state index in [-0.39, 0.29) is 0 Å². The number of rotatable bonds is 5. The molecule has 0 fully saturated rings. The van der Waals surface area contributed by atoms with Crippen LogP contribution in [0.2, 0.25) is 5.15 Å². The fraction of sp³-hybridized carbons (Fsp3) is 0.333. The van der Waals surface area contributed by atoms with Crippen molar-refractivity contribution in [2.45, 2.75) is 26.4 Å². The second-order valence-electron chi connectivity index (χ2n) is 3.96. The lowest BCUT2D eigenvalue weighted by Gasteiger charge is -2.05. The Morgan fingerprint density at radius 2 is 2.28 bits per heavy atom. The quantitative estimate of drug-likeness (QED) is 0.850. The second kappa shape index (κ2) is 6.20. The summed E-state index contributed by atoms with van der Waals surface area (Å²) >= 11 is 9.18. The van der Waals surface area contributed by atoms with E-state index in [1.807, 2.05) is 16.9 Å². The number of halogens is 2. The fourth-order valence-corrected chi connectivity index (χ4v) is 2.02. The number of nitrogens with one attached hydrogen (secondary N) is 1. The lowest BCUT2D eigenvalue weighted by atomic mass is 10.3. The van der Waals surface area contributed by atoms with Gasteiger partial charge in [0.1, 0.15) is 5.15 Å². The lowest BCUT2D eigenvalue weighted by molar-refractivity contribution is 0.602. The average molecular weight is 330 g/mol. The summed E-state index contributed by atoms with van der Waals surface area (Å²) < 4.78 is 2.74. The van der Waals surface area contributed by atoms with E-state index in [1.54, 1.807) is 6.20 Å². The van der Waals surface area contributed by atoms with Gasteiger partial charge in [0.05, 0.1) is 22.6 Å². The van der Waals surface area contributed by atoms with Crippen molar-refractivity contribution in [1.29, 1.82) is 0 Å². The molecule has 96 valence electrons. The average Bonchev–Trinajstić information content (AvgIpc) is 2.79. The van der Waals surface area contributed by atoms with Gasteiger partial charge in [-0.15, -0.1) is 0 Å². The summed E-state index contributed by atoms with van der Waals surface area (Å²) in [7, 11) is 0. The van der Waals surface area contributed by atoms with Crippen LogP contribution in [0.4, 0.5) is 5.69 Å². The maximum absolute atomic E-state index is 5.84. The van der Waals surface area contributed by atoms with Crippen LogP contribution >= 0.6 is 27.5 Å². The molecule has 0 bridgehead atoms. The van der Waals surface area contributed by atoms with Gasteiger partial charge in [-0.2, -0.15) is 5.10 Å². The van der Waals surface area contributed by atoms with Crippen LogP contribution in [0.15, 0.2) is 29.1 Å². The minimum Gasteiger partial charge on any atom is -0.380 e. The maximum atomic E-state index is 5.84. The number of hydrogen-bond acceptors (Lipinski definition) is 3. The molecule has 2 aromatic rings. The van der Waals surface area contributed by atoms with Gasteiger partial charge in [-0.3, -0.25) is 4.68 Å². The van der Waals surface area contributed by atoms with E-state index in [2.05, 4.69) is 44.4 Å². The Balaban J connectivity index is 1.95. The topological polar surface area (TPSA) is 42.7 Å². The first-order valence-corrected chi connectivity index (χ1v) is 6.92. The second-order valence-corrected chi connectivity index (χ2v) is 5.17. The lowest BCUT2D eigenvalue weighted by Crippen LogP contribution is -1.99. The van der Waals surface area contributed by atoms with E-state index >= 15 is 0 Å². The highest BCUT2D eigenvalue weighted by atomic mass is 79.9. The summed E-state index contributed by atoms with van der Waals surface area (Å²) in [4.78, 5) is 4.06. The molecule has 4 nitrogen and oxygen atoms in total. The third-order valence-electron chi connectivity index (χ3n) is 2.43. The van der Waals surface area contributed by atoms with Gasteiger partial charge in [0.25, 0.3) is 0 Å². The monoisotopic (exact) mass is 328 g/mol. The Morgan fingerprint density at radius 1 is 1.44 bits per heavy atom. The fourth-order valence-electron chi connectivity index (χ4n) is 1.57. The molecule has 0 aliphatic rings. The third kappa shape index (κ3) is 3.46. The summed E-state index contributed by atoms with van der Waals surface area (Å²) in [6.07, 6.45) is 6.72. The summed E-state index contributed by atoms with van der Waals surface area (Å²) in [5.41, 5.74) is 2.07. The molecule has 0 aliphatic heterocycles. The number of anilines is 1. The highest BCUT2D eigenvalue weighted by Crippen LogP contribution is 2.23. The predicted octanol–water partition coefficient (Wildman–Crippen LogP) is 3.72. The van der Waals surface area contributed by atoms with Crippen LogP contribution in [0.5, 0.6) is 0 Å². The molecule has 0 radical (unpaired) electrons. The van der Waals surface area contributed by atoms with E-state index in [0.717, 1.165) is 35.2 Å². The molecular weight excluding hydrogens is 316 g/mol. The van der Waals surface area contributed by atoms with Crippen LogP contribution in [0.1, 0.15) is 18.9 Å². The molecule has 1 N–H and O–H groups in total.